The van der Waals surface area contributed by atoms with E-state index in [2.05, 4.69) is 10.4 Å². The second-order valence-electron chi connectivity index (χ2n) is 3.91. The van der Waals surface area contributed by atoms with Crippen LogP contribution in [0.5, 0.6) is 0 Å². The van der Waals surface area contributed by atoms with E-state index in [0.717, 1.165) is 23.2 Å². The Morgan fingerprint density at radius 3 is 2.82 bits per heavy atom. The molecule has 0 saturated heterocycles. The van der Waals surface area contributed by atoms with Gasteiger partial charge in [-0.3, -0.25) is 4.79 Å². The van der Waals surface area contributed by atoms with Crippen molar-refractivity contribution in [2.75, 3.05) is 7.05 Å². The summed E-state index contributed by atoms with van der Waals surface area (Å²) in [6.45, 7) is 2.66. The number of aryl methyl sites for hydroxylation is 1. The molecule has 0 fully saturated rings. The van der Waals surface area contributed by atoms with Gasteiger partial charge in [0.2, 0.25) is 0 Å². The van der Waals surface area contributed by atoms with E-state index in [0.29, 0.717) is 12.2 Å². The van der Waals surface area contributed by atoms with Crippen molar-refractivity contribution >= 4 is 6.29 Å². The Hall–Kier alpha value is -1.94. The van der Waals surface area contributed by atoms with E-state index in [1.165, 1.54) is 0 Å². The number of hydrogen-bond acceptors (Lipinski definition) is 3. The van der Waals surface area contributed by atoms with Crippen molar-refractivity contribution in [1.29, 1.82) is 0 Å². The predicted molar refractivity (Wildman–Crippen MR) is 66.5 cm³/mol. The molecule has 1 heterocycles. The first-order valence-corrected chi connectivity index (χ1v) is 5.51. The quantitative estimate of drug-likeness (QED) is 0.812. The zero-order valence-corrected chi connectivity index (χ0v) is 9.97. The third kappa shape index (κ3) is 2.26. The maximum Gasteiger partial charge on any atom is 0.168 e. The SMILES string of the molecule is CNCc1cc(C=O)n(-c2ccccc2C)n1. The zero-order chi connectivity index (χ0) is 12.3. The number of carbonyl (C=O) groups excluding carboxylic acids is 1. The second kappa shape index (κ2) is 4.93. The molecule has 0 amide bonds. The Morgan fingerprint density at radius 1 is 1.41 bits per heavy atom. The van der Waals surface area contributed by atoms with Gasteiger partial charge in [0.25, 0.3) is 0 Å². The minimum Gasteiger partial charge on any atom is -0.314 e. The summed E-state index contributed by atoms with van der Waals surface area (Å²) in [6.07, 6.45) is 0.832. The van der Waals surface area contributed by atoms with Gasteiger partial charge in [-0.2, -0.15) is 5.10 Å². The van der Waals surface area contributed by atoms with Crippen LogP contribution in [0.1, 0.15) is 21.7 Å². The average Bonchev–Trinajstić information content (AvgIpc) is 2.73. The van der Waals surface area contributed by atoms with Crippen LogP contribution in [0.25, 0.3) is 5.69 Å². The number of aldehydes is 1. The lowest BCUT2D eigenvalue weighted by atomic mass is 10.2. The highest BCUT2D eigenvalue weighted by Gasteiger charge is 2.09. The van der Waals surface area contributed by atoms with Crippen LogP contribution in [-0.2, 0) is 6.54 Å². The van der Waals surface area contributed by atoms with E-state index in [-0.39, 0.29) is 0 Å². The molecule has 0 radical (unpaired) electrons. The molecule has 4 nitrogen and oxygen atoms in total. The van der Waals surface area contributed by atoms with Gasteiger partial charge in [0, 0.05) is 6.54 Å². The fourth-order valence-electron chi connectivity index (χ4n) is 1.79. The number of nitrogens with zero attached hydrogens (tertiary/aromatic N) is 2. The Balaban J connectivity index is 2.51. The molecule has 0 unspecified atom stereocenters. The summed E-state index contributed by atoms with van der Waals surface area (Å²) in [5.41, 5.74) is 3.47. The van der Waals surface area contributed by atoms with Crippen LogP contribution in [0.15, 0.2) is 30.3 Å². The lowest BCUT2D eigenvalue weighted by Gasteiger charge is -2.06. The number of carbonyl (C=O) groups is 1. The Bertz CT molecular complexity index is 531. The van der Waals surface area contributed by atoms with Crippen LogP contribution < -0.4 is 5.32 Å². The van der Waals surface area contributed by atoms with Crippen molar-refractivity contribution in [2.24, 2.45) is 0 Å². The minimum absolute atomic E-state index is 0.574. The number of para-hydroxylation sites is 1. The monoisotopic (exact) mass is 229 g/mol. The van der Waals surface area contributed by atoms with E-state index < -0.39 is 0 Å². The first-order valence-electron chi connectivity index (χ1n) is 5.51. The Morgan fingerprint density at radius 2 is 2.18 bits per heavy atom. The lowest BCUT2D eigenvalue weighted by molar-refractivity contribution is 0.111. The summed E-state index contributed by atoms with van der Waals surface area (Å²) in [5.74, 6) is 0. The Labute approximate surface area is 100 Å². The van der Waals surface area contributed by atoms with Crippen molar-refractivity contribution in [1.82, 2.24) is 15.1 Å². The summed E-state index contributed by atoms with van der Waals surface area (Å²) < 4.78 is 1.69. The molecule has 2 aromatic rings. The molecule has 0 spiro atoms. The molecule has 0 aliphatic rings. The van der Waals surface area contributed by atoms with Gasteiger partial charge in [0.1, 0.15) is 5.69 Å². The standard InChI is InChI=1S/C13H15N3O/c1-10-5-3-4-6-13(10)16-12(9-17)7-11(15-16)8-14-2/h3-7,9,14H,8H2,1-2H3. The predicted octanol–water partition coefficient (Wildman–Crippen LogP) is 1.71. The first-order chi connectivity index (χ1) is 8.26. The highest BCUT2D eigenvalue weighted by atomic mass is 16.1. The van der Waals surface area contributed by atoms with E-state index in [1.807, 2.05) is 38.2 Å². The van der Waals surface area contributed by atoms with Gasteiger partial charge in [0.05, 0.1) is 11.4 Å². The van der Waals surface area contributed by atoms with Crippen molar-refractivity contribution in [3.63, 3.8) is 0 Å². The van der Waals surface area contributed by atoms with Crippen molar-refractivity contribution in [3.8, 4) is 5.69 Å². The third-order valence-corrected chi connectivity index (χ3v) is 2.61. The second-order valence-corrected chi connectivity index (χ2v) is 3.91. The number of nitrogens with one attached hydrogen (secondary N) is 1. The topological polar surface area (TPSA) is 46.9 Å². The average molecular weight is 229 g/mol. The van der Waals surface area contributed by atoms with Crippen molar-refractivity contribution in [3.05, 3.63) is 47.3 Å². The molecule has 0 aliphatic carbocycles. The lowest BCUT2D eigenvalue weighted by Crippen LogP contribution is -2.07. The summed E-state index contributed by atoms with van der Waals surface area (Å²) in [5, 5.41) is 7.45. The third-order valence-electron chi connectivity index (χ3n) is 2.61. The van der Waals surface area contributed by atoms with Crippen LogP contribution in [-0.4, -0.2) is 23.1 Å². The number of aromatic nitrogens is 2. The smallest absolute Gasteiger partial charge is 0.168 e. The van der Waals surface area contributed by atoms with Gasteiger partial charge < -0.3 is 5.32 Å². The maximum absolute atomic E-state index is 11.0. The fraction of sp³-hybridized carbons (Fsp3) is 0.231. The van der Waals surface area contributed by atoms with E-state index in [1.54, 1.807) is 10.7 Å². The molecule has 2 rings (SSSR count). The molecule has 4 heteroatoms. The molecule has 1 aromatic carbocycles. The van der Waals surface area contributed by atoms with Crippen molar-refractivity contribution in [2.45, 2.75) is 13.5 Å². The molecule has 0 atom stereocenters. The number of rotatable bonds is 4. The molecular weight excluding hydrogens is 214 g/mol. The Kier molecular flexibility index (Phi) is 3.35. The zero-order valence-electron chi connectivity index (χ0n) is 9.97. The fourth-order valence-corrected chi connectivity index (χ4v) is 1.79. The van der Waals surface area contributed by atoms with Gasteiger partial charge in [0.15, 0.2) is 6.29 Å². The molecule has 0 aliphatic heterocycles. The van der Waals surface area contributed by atoms with Crippen LogP contribution in [0.2, 0.25) is 0 Å². The van der Waals surface area contributed by atoms with E-state index >= 15 is 0 Å². The maximum atomic E-state index is 11.0. The largest absolute Gasteiger partial charge is 0.314 e. The minimum atomic E-state index is 0.574. The normalized spacial score (nSPS) is 10.5. The van der Waals surface area contributed by atoms with Gasteiger partial charge in [-0.1, -0.05) is 18.2 Å². The summed E-state index contributed by atoms with van der Waals surface area (Å²) in [4.78, 5) is 11.0. The van der Waals surface area contributed by atoms with E-state index in [9.17, 15) is 4.79 Å². The molecule has 0 bridgehead atoms. The molecular formula is C13H15N3O. The summed E-state index contributed by atoms with van der Waals surface area (Å²) >= 11 is 0. The molecule has 0 saturated carbocycles. The summed E-state index contributed by atoms with van der Waals surface area (Å²) in [7, 11) is 1.85. The van der Waals surface area contributed by atoms with Gasteiger partial charge in [-0.25, -0.2) is 4.68 Å². The summed E-state index contributed by atoms with van der Waals surface area (Å²) in [6, 6.07) is 9.67. The van der Waals surface area contributed by atoms with Crippen LogP contribution >= 0.6 is 0 Å². The molecule has 1 aromatic heterocycles. The molecule has 88 valence electrons. The van der Waals surface area contributed by atoms with Gasteiger partial charge in [-0.15, -0.1) is 0 Å². The highest BCUT2D eigenvalue weighted by molar-refractivity contribution is 5.73. The molecule has 1 N–H and O–H groups in total. The highest BCUT2D eigenvalue weighted by Crippen LogP contribution is 2.15. The van der Waals surface area contributed by atoms with E-state index in [4.69, 9.17) is 0 Å². The van der Waals surface area contributed by atoms with Crippen molar-refractivity contribution < 1.29 is 4.79 Å². The van der Waals surface area contributed by atoms with Crippen LogP contribution in [0.3, 0.4) is 0 Å². The number of hydrogen-bond donors (Lipinski definition) is 1. The van der Waals surface area contributed by atoms with Crippen LogP contribution in [0, 0.1) is 6.92 Å². The van der Waals surface area contributed by atoms with Gasteiger partial charge in [-0.05, 0) is 31.7 Å². The molecule has 17 heavy (non-hydrogen) atoms. The van der Waals surface area contributed by atoms with Crippen LogP contribution in [0.4, 0.5) is 0 Å². The first kappa shape index (κ1) is 11.5. The number of benzene rings is 1. The van der Waals surface area contributed by atoms with Gasteiger partial charge >= 0.3 is 0 Å².